The number of rotatable bonds is 6. The molecule has 0 fully saturated rings. The van der Waals surface area contributed by atoms with Crippen molar-refractivity contribution in [3.8, 4) is 17.0 Å². The van der Waals surface area contributed by atoms with Crippen molar-refractivity contribution in [3.63, 3.8) is 0 Å². The Hall–Kier alpha value is -3.82. The maximum atomic E-state index is 12.9. The van der Waals surface area contributed by atoms with Gasteiger partial charge in [0, 0.05) is 24.5 Å². The minimum atomic E-state index is -3.01. The van der Waals surface area contributed by atoms with Crippen LogP contribution in [-0.2, 0) is 6.54 Å². The van der Waals surface area contributed by atoms with E-state index in [0.29, 0.717) is 5.65 Å². The van der Waals surface area contributed by atoms with E-state index in [1.54, 1.807) is 29.8 Å². The summed E-state index contributed by atoms with van der Waals surface area (Å²) < 4.78 is 33.4. The molecule has 0 bridgehead atoms. The fourth-order valence-electron chi connectivity index (χ4n) is 3.30. The summed E-state index contributed by atoms with van der Waals surface area (Å²) in [4.78, 5) is 17.2. The lowest BCUT2D eigenvalue weighted by Crippen LogP contribution is -2.14. The summed E-state index contributed by atoms with van der Waals surface area (Å²) in [6.45, 7) is 3.34. The molecule has 1 amide bonds. The molecule has 3 aromatic heterocycles. The van der Waals surface area contributed by atoms with Crippen molar-refractivity contribution in [3.05, 3.63) is 59.7 Å². The van der Waals surface area contributed by atoms with Crippen molar-refractivity contribution in [1.29, 1.82) is 0 Å². The van der Waals surface area contributed by atoms with Crippen molar-refractivity contribution in [2.24, 2.45) is 0 Å². The first kappa shape index (κ1) is 20.5. The van der Waals surface area contributed by atoms with Crippen molar-refractivity contribution in [2.75, 3.05) is 5.32 Å². The number of hydrogen-bond acceptors (Lipinski definition) is 5. The summed E-state index contributed by atoms with van der Waals surface area (Å²) in [6.07, 6.45) is 4.89. The van der Waals surface area contributed by atoms with E-state index in [9.17, 15) is 13.6 Å². The summed E-state index contributed by atoms with van der Waals surface area (Å²) in [5.74, 6) is -0.653. The highest BCUT2D eigenvalue weighted by molar-refractivity contribution is 6.08. The minimum Gasteiger partial charge on any atom is -0.433 e. The first-order chi connectivity index (χ1) is 14.9. The molecule has 10 heteroatoms. The number of hydrogen-bond donors (Lipinski definition) is 1. The molecule has 1 aromatic carbocycles. The third-order valence-corrected chi connectivity index (χ3v) is 4.79. The van der Waals surface area contributed by atoms with Gasteiger partial charge in [-0.25, -0.2) is 9.50 Å². The van der Waals surface area contributed by atoms with E-state index in [1.807, 2.05) is 24.7 Å². The molecule has 8 nitrogen and oxygen atoms in total. The number of fused-ring (bicyclic) bond motifs is 1. The van der Waals surface area contributed by atoms with Gasteiger partial charge in [-0.05, 0) is 44.5 Å². The monoisotopic (exact) mass is 426 g/mol. The smallest absolute Gasteiger partial charge is 0.387 e. The maximum absolute atomic E-state index is 12.9. The summed E-state index contributed by atoms with van der Waals surface area (Å²) in [6, 6.07) is 6.43. The second-order valence-corrected chi connectivity index (χ2v) is 6.94. The number of carbonyl (C=O) groups is 1. The highest BCUT2D eigenvalue weighted by Gasteiger charge is 2.20. The van der Waals surface area contributed by atoms with E-state index in [-0.39, 0.29) is 17.0 Å². The Morgan fingerprint density at radius 2 is 2.06 bits per heavy atom. The number of nitrogens with one attached hydrogen (secondary N) is 1. The van der Waals surface area contributed by atoms with Gasteiger partial charge >= 0.3 is 6.61 Å². The molecule has 0 unspecified atom stereocenters. The van der Waals surface area contributed by atoms with Crippen molar-refractivity contribution >= 4 is 17.2 Å². The Morgan fingerprint density at radius 3 is 2.77 bits per heavy atom. The molecule has 1 N–H and O–H groups in total. The second kappa shape index (κ2) is 8.13. The van der Waals surface area contributed by atoms with Gasteiger partial charge in [-0.1, -0.05) is 6.07 Å². The van der Waals surface area contributed by atoms with Crippen molar-refractivity contribution < 1.29 is 18.3 Å². The van der Waals surface area contributed by atoms with Crippen LogP contribution in [0.5, 0.6) is 5.75 Å². The predicted octanol–water partition coefficient (Wildman–Crippen LogP) is 4.08. The topological polar surface area (TPSA) is 86.3 Å². The summed E-state index contributed by atoms with van der Waals surface area (Å²) in [7, 11) is 0. The summed E-state index contributed by atoms with van der Waals surface area (Å²) in [5.41, 5.74) is 3.82. The highest BCUT2D eigenvalue weighted by atomic mass is 19.3. The molecule has 4 aromatic rings. The summed E-state index contributed by atoms with van der Waals surface area (Å²) >= 11 is 0. The largest absolute Gasteiger partial charge is 0.433 e. The SMILES string of the molecule is CCn1cc(-c2ccnc3c(C(=O)Nc4ccc(C)cc4OC(F)F)cnn23)c(C)n1. The molecular weight excluding hydrogens is 406 g/mol. The highest BCUT2D eigenvalue weighted by Crippen LogP contribution is 2.29. The predicted molar refractivity (Wildman–Crippen MR) is 110 cm³/mol. The number of nitrogens with zero attached hydrogens (tertiary/aromatic N) is 5. The van der Waals surface area contributed by atoms with Gasteiger partial charge in [0.2, 0.25) is 0 Å². The van der Waals surface area contributed by atoms with Crippen LogP contribution in [0.15, 0.2) is 42.9 Å². The van der Waals surface area contributed by atoms with Gasteiger partial charge in [0.25, 0.3) is 5.91 Å². The number of aromatic nitrogens is 5. The Bertz CT molecular complexity index is 1260. The Labute approximate surface area is 176 Å². The average Bonchev–Trinajstić information content (AvgIpc) is 3.33. The Morgan fingerprint density at radius 1 is 1.26 bits per heavy atom. The van der Waals surface area contributed by atoms with Crippen LogP contribution in [0.4, 0.5) is 14.5 Å². The van der Waals surface area contributed by atoms with Crippen LogP contribution in [-0.4, -0.2) is 36.9 Å². The van der Waals surface area contributed by atoms with Gasteiger partial charge in [-0.15, -0.1) is 0 Å². The van der Waals surface area contributed by atoms with E-state index >= 15 is 0 Å². The number of amides is 1. The number of alkyl halides is 2. The van der Waals surface area contributed by atoms with Gasteiger partial charge in [-0.3, -0.25) is 9.48 Å². The van der Waals surface area contributed by atoms with Gasteiger partial charge < -0.3 is 10.1 Å². The van der Waals surface area contributed by atoms with Crippen LogP contribution in [0.3, 0.4) is 0 Å². The number of anilines is 1. The maximum Gasteiger partial charge on any atom is 0.387 e. The molecule has 4 rings (SSSR count). The number of aryl methyl sites for hydroxylation is 3. The molecule has 0 aliphatic rings. The first-order valence-electron chi connectivity index (χ1n) is 9.61. The Balaban J connectivity index is 1.70. The average molecular weight is 426 g/mol. The normalized spacial score (nSPS) is 11.3. The zero-order valence-electron chi connectivity index (χ0n) is 17.1. The van der Waals surface area contributed by atoms with E-state index in [0.717, 1.165) is 29.1 Å². The van der Waals surface area contributed by atoms with E-state index in [2.05, 4.69) is 25.2 Å². The molecule has 0 aliphatic heterocycles. The molecule has 3 heterocycles. The molecule has 0 saturated heterocycles. The molecule has 0 atom stereocenters. The zero-order chi connectivity index (χ0) is 22.1. The van der Waals surface area contributed by atoms with Gasteiger partial charge in [0.05, 0.1) is 23.3 Å². The third kappa shape index (κ3) is 3.96. The molecule has 31 heavy (non-hydrogen) atoms. The lowest BCUT2D eigenvalue weighted by molar-refractivity contribution is -0.0494. The second-order valence-electron chi connectivity index (χ2n) is 6.94. The van der Waals surface area contributed by atoms with Crippen LogP contribution in [0.2, 0.25) is 0 Å². The van der Waals surface area contributed by atoms with Gasteiger partial charge in [0.15, 0.2) is 5.65 Å². The van der Waals surface area contributed by atoms with Crippen molar-refractivity contribution in [1.82, 2.24) is 24.4 Å². The Kier molecular flexibility index (Phi) is 5.37. The third-order valence-electron chi connectivity index (χ3n) is 4.79. The summed E-state index contributed by atoms with van der Waals surface area (Å²) in [5, 5.41) is 11.4. The molecule has 0 radical (unpaired) electrons. The van der Waals surface area contributed by atoms with Crippen LogP contribution in [0.1, 0.15) is 28.5 Å². The lowest BCUT2D eigenvalue weighted by Gasteiger charge is -2.12. The number of ether oxygens (including phenoxy) is 1. The van der Waals surface area contributed by atoms with Crippen LogP contribution >= 0.6 is 0 Å². The first-order valence-corrected chi connectivity index (χ1v) is 9.61. The number of benzene rings is 1. The van der Waals surface area contributed by atoms with Crippen LogP contribution in [0, 0.1) is 13.8 Å². The van der Waals surface area contributed by atoms with Crippen molar-refractivity contribution in [2.45, 2.75) is 33.9 Å². The molecule has 160 valence electrons. The van der Waals surface area contributed by atoms with Gasteiger partial charge in [0.1, 0.15) is 11.3 Å². The standard InChI is InChI=1S/C21H20F2N6O2/c1-4-28-11-15(13(3)27-28)17-7-8-24-19-14(10-25-29(17)19)20(30)26-16-6-5-12(2)9-18(16)31-21(22)23/h5-11,21H,4H2,1-3H3,(H,26,30). The molecular formula is C21H20F2N6O2. The van der Waals surface area contributed by atoms with Crippen LogP contribution in [0.25, 0.3) is 16.9 Å². The number of halogens is 2. The quantitative estimate of drug-likeness (QED) is 0.502. The van der Waals surface area contributed by atoms with E-state index < -0.39 is 12.5 Å². The molecule has 0 aliphatic carbocycles. The molecule has 0 saturated carbocycles. The van der Waals surface area contributed by atoms with Crippen LogP contribution < -0.4 is 10.1 Å². The fourth-order valence-corrected chi connectivity index (χ4v) is 3.30. The van der Waals surface area contributed by atoms with E-state index in [4.69, 9.17) is 0 Å². The number of carbonyl (C=O) groups excluding carboxylic acids is 1. The minimum absolute atomic E-state index is 0.115. The fraction of sp³-hybridized carbons (Fsp3) is 0.238. The van der Waals surface area contributed by atoms with Gasteiger partial charge in [-0.2, -0.15) is 19.0 Å². The van der Waals surface area contributed by atoms with E-state index in [1.165, 1.54) is 18.3 Å². The lowest BCUT2D eigenvalue weighted by atomic mass is 10.2. The molecule has 0 spiro atoms. The zero-order valence-corrected chi connectivity index (χ0v) is 17.1.